The van der Waals surface area contributed by atoms with Gasteiger partial charge in [0.15, 0.2) is 6.10 Å². The molecule has 8 nitrogen and oxygen atoms in total. The van der Waals surface area contributed by atoms with E-state index in [1.54, 1.807) is 0 Å². The number of pyridine rings is 1. The topological polar surface area (TPSA) is 97.8 Å². The molecule has 1 unspecified atom stereocenters. The summed E-state index contributed by atoms with van der Waals surface area (Å²) < 4.78 is 9.92. The summed E-state index contributed by atoms with van der Waals surface area (Å²) in [5.41, 5.74) is 0.196. The lowest BCUT2D eigenvalue weighted by molar-refractivity contribution is -0.136. The minimum atomic E-state index is -1.05. The van der Waals surface area contributed by atoms with Gasteiger partial charge in [-0.25, -0.2) is 14.6 Å². The fourth-order valence-corrected chi connectivity index (χ4v) is 1.80. The van der Waals surface area contributed by atoms with Crippen LogP contribution in [0.5, 0.6) is 5.88 Å². The van der Waals surface area contributed by atoms with E-state index in [0.717, 1.165) is 4.90 Å². The highest BCUT2D eigenvalue weighted by Crippen LogP contribution is 2.10. The van der Waals surface area contributed by atoms with Crippen LogP contribution in [0.3, 0.4) is 0 Å². The number of amides is 3. The zero-order valence-corrected chi connectivity index (χ0v) is 11.7. The molecule has 0 aromatic carbocycles. The van der Waals surface area contributed by atoms with Gasteiger partial charge in [-0.1, -0.05) is 0 Å². The normalized spacial score (nSPS) is 15.3. The van der Waals surface area contributed by atoms with Crippen molar-refractivity contribution in [2.24, 2.45) is 0 Å². The van der Waals surface area contributed by atoms with Crippen LogP contribution < -0.4 is 10.1 Å². The monoisotopic (exact) mass is 293 g/mol. The number of ether oxygens (including phenoxy) is 2. The number of methoxy groups -OCH3 is 1. The van der Waals surface area contributed by atoms with Gasteiger partial charge >= 0.3 is 12.0 Å². The van der Waals surface area contributed by atoms with Gasteiger partial charge in [0.2, 0.25) is 5.88 Å². The number of rotatable bonds is 4. The summed E-state index contributed by atoms with van der Waals surface area (Å²) in [5, 5.41) is 2.50. The van der Waals surface area contributed by atoms with E-state index in [4.69, 9.17) is 9.47 Å². The van der Waals surface area contributed by atoms with Crippen LogP contribution in [-0.4, -0.2) is 54.1 Å². The standard InChI is InChI=1S/C13H15N3O5/c1-8(11(17)16-6-5-14-13(16)19)21-12(18)9-3-4-10(20-2)15-7-9/h3-4,7-8H,5-6H2,1-2H3,(H,14,19). The molecular weight excluding hydrogens is 278 g/mol. The van der Waals surface area contributed by atoms with Gasteiger partial charge in [0.05, 0.1) is 12.7 Å². The Hall–Kier alpha value is -2.64. The van der Waals surface area contributed by atoms with Gasteiger partial charge in [0.1, 0.15) is 0 Å². The highest BCUT2D eigenvalue weighted by molar-refractivity contribution is 5.99. The fourth-order valence-electron chi connectivity index (χ4n) is 1.80. The molecule has 1 aromatic rings. The Morgan fingerprint density at radius 2 is 2.19 bits per heavy atom. The third-order valence-electron chi connectivity index (χ3n) is 2.94. The molecule has 0 aliphatic carbocycles. The van der Waals surface area contributed by atoms with Gasteiger partial charge in [-0.2, -0.15) is 0 Å². The van der Waals surface area contributed by atoms with Crippen LogP contribution in [-0.2, 0) is 9.53 Å². The Morgan fingerprint density at radius 1 is 1.43 bits per heavy atom. The number of hydrogen-bond donors (Lipinski definition) is 1. The molecule has 0 bridgehead atoms. The molecular formula is C13H15N3O5. The highest BCUT2D eigenvalue weighted by atomic mass is 16.5. The third-order valence-corrected chi connectivity index (χ3v) is 2.94. The molecule has 2 heterocycles. The number of nitrogens with zero attached hydrogens (tertiary/aromatic N) is 2. The number of nitrogens with one attached hydrogen (secondary N) is 1. The van der Waals surface area contributed by atoms with Crippen LogP contribution in [0.25, 0.3) is 0 Å². The quantitative estimate of drug-likeness (QED) is 0.796. The Morgan fingerprint density at radius 3 is 2.71 bits per heavy atom. The van der Waals surface area contributed by atoms with E-state index in [1.807, 2.05) is 0 Å². The predicted octanol–water partition coefficient (Wildman–Crippen LogP) is 0.187. The molecule has 0 radical (unpaired) electrons. The summed E-state index contributed by atoms with van der Waals surface area (Å²) in [6.07, 6.45) is 0.240. The van der Waals surface area contributed by atoms with E-state index in [9.17, 15) is 14.4 Å². The van der Waals surface area contributed by atoms with E-state index in [-0.39, 0.29) is 12.1 Å². The SMILES string of the molecule is COc1ccc(C(=O)OC(C)C(=O)N2CCNC2=O)cn1. The van der Waals surface area contributed by atoms with Crippen molar-refractivity contribution in [3.63, 3.8) is 0 Å². The second-order valence-electron chi connectivity index (χ2n) is 4.36. The summed E-state index contributed by atoms with van der Waals surface area (Å²) >= 11 is 0. The maximum absolute atomic E-state index is 12.0. The molecule has 1 aliphatic heterocycles. The Labute approximate surface area is 121 Å². The minimum absolute atomic E-state index is 0.196. The van der Waals surface area contributed by atoms with Crippen molar-refractivity contribution in [2.75, 3.05) is 20.2 Å². The van der Waals surface area contributed by atoms with Crippen molar-refractivity contribution in [3.05, 3.63) is 23.9 Å². The second kappa shape index (κ2) is 6.21. The summed E-state index contributed by atoms with van der Waals surface area (Å²) in [4.78, 5) is 40.1. The van der Waals surface area contributed by atoms with E-state index in [2.05, 4.69) is 10.3 Å². The van der Waals surface area contributed by atoms with Crippen LogP contribution in [0.1, 0.15) is 17.3 Å². The molecule has 1 N–H and O–H groups in total. The molecule has 1 aliphatic rings. The Balaban J connectivity index is 1.97. The van der Waals surface area contributed by atoms with Crippen molar-refractivity contribution in [1.29, 1.82) is 0 Å². The lowest BCUT2D eigenvalue weighted by Crippen LogP contribution is -2.41. The summed E-state index contributed by atoms with van der Waals surface area (Å²) in [5.74, 6) is -0.880. The number of carbonyl (C=O) groups excluding carboxylic acids is 3. The van der Waals surface area contributed by atoms with Crippen molar-refractivity contribution < 1.29 is 23.9 Å². The highest BCUT2D eigenvalue weighted by Gasteiger charge is 2.31. The molecule has 1 fully saturated rings. The molecule has 112 valence electrons. The first-order chi connectivity index (χ1) is 10.0. The van der Waals surface area contributed by atoms with Crippen molar-refractivity contribution in [3.8, 4) is 5.88 Å². The smallest absolute Gasteiger partial charge is 0.340 e. The van der Waals surface area contributed by atoms with Gasteiger partial charge in [-0.3, -0.25) is 9.69 Å². The lowest BCUT2D eigenvalue weighted by atomic mass is 10.3. The molecule has 21 heavy (non-hydrogen) atoms. The molecule has 2 rings (SSSR count). The zero-order chi connectivity index (χ0) is 15.4. The molecule has 1 atom stereocenters. The number of hydrogen-bond acceptors (Lipinski definition) is 6. The zero-order valence-electron chi connectivity index (χ0n) is 11.7. The number of aromatic nitrogens is 1. The first kappa shape index (κ1) is 14.8. The molecule has 1 aromatic heterocycles. The van der Waals surface area contributed by atoms with Gasteiger partial charge < -0.3 is 14.8 Å². The van der Waals surface area contributed by atoms with E-state index >= 15 is 0 Å². The number of esters is 1. The third kappa shape index (κ3) is 3.28. The fraction of sp³-hybridized carbons (Fsp3) is 0.385. The van der Waals surface area contributed by atoms with Crippen LogP contribution in [0, 0.1) is 0 Å². The van der Waals surface area contributed by atoms with Crippen LogP contribution in [0.4, 0.5) is 4.79 Å². The maximum atomic E-state index is 12.0. The lowest BCUT2D eigenvalue weighted by Gasteiger charge is -2.18. The molecule has 0 spiro atoms. The van der Waals surface area contributed by atoms with Gasteiger partial charge in [0.25, 0.3) is 5.91 Å². The minimum Gasteiger partial charge on any atom is -0.481 e. The van der Waals surface area contributed by atoms with Crippen LogP contribution >= 0.6 is 0 Å². The summed E-state index contributed by atoms with van der Waals surface area (Å²) in [6, 6.07) is 2.51. The van der Waals surface area contributed by atoms with E-state index < -0.39 is 24.0 Å². The number of carbonyl (C=O) groups is 3. The first-order valence-electron chi connectivity index (χ1n) is 6.33. The first-order valence-corrected chi connectivity index (χ1v) is 6.33. The average Bonchev–Trinajstić information content (AvgIpc) is 2.92. The van der Waals surface area contributed by atoms with Crippen molar-refractivity contribution in [1.82, 2.24) is 15.2 Å². The maximum Gasteiger partial charge on any atom is 0.340 e. The van der Waals surface area contributed by atoms with Crippen LogP contribution in [0.2, 0.25) is 0 Å². The molecule has 8 heteroatoms. The average molecular weight is 293 g/mol. The van der Waals surface area contributed by atoms with Crippen molar-refractivity contribution >= 4 is 17.9 Å². The Kier molecular flexibility index (Phi) is 4.36. The largest absolute Gasteiger partial charge is 0.481 e. The Bertz CT molecular complexity index is 557. The van der Waals surface area contributed by atoms with Crippen molar-refractivity contribution in [2.45, 2.75) is 13.0 Å². The second-order valence-corrected chi connectivity index (χ2v) is 4.36. The number of urea groups is 1. The van der Waals surface area contributed by atoms with E-state index in [0.29, 0.717) is 12.4 Å². The number of imide groups is 1. The molecule has 0 saturated carbocycles. The van der Waals surface area contributed by atoms with E-state index in [1.165, 1.54) is 32.4 Å². The summed E-state index contributed by atoms with van der Waals surface area (Å²) in [7, 11) is 1.46. The molecule has 1 saturated heterocycles. The van der Waals surface area contributed by atoms with Gasteiger partial charge in [0, 0.05) is 25.4 Å². The van der Waals surface area contributed by atoms with Gasteiger partial charge in [-0.15, -0.1) is 0 Å². The molecule has 3 amide bonds. The summed E-state index contributed by atoms with van der Waals surface area (Å²) in [6.45, 7) is 2.08. The van der Waals surface area contributed by atoms with Crippen LogP contribution in [0.15, 0.2) is 18.3 Å². The predicted molar refractivity (Wildman–Crippen MR) is 70.8 cm³/mol. The van der Waals surface area contributed by atoms with Gasteiger partial charge in [-0.05, 0) is 13.0 Å².